The molecular formula is C15H21BrClNO2. The number of aryl methyl sites for hydroxylation is 1. The molecule has 0 radical (unpaired) electrons. The number of ether oxygens (including phenoxy) is 2. The van der Waals surface area contributed by atoms with Gasteiger partial charge in [0.25, 0.3) is 0 Å². The molecule has 0 saturated carbocycles. The molecular weight excluding hydrogens is 342 g/mol. The van der Waals surface area contributed by atoms with Crippen molar-refractivity contribution < 1.29 is 9.47 Å². The van der Waals surface area contributed by atoms with Crippen LogP contribution in [0, 0.1) is 0 Å². The zero-order chi connectivity index (χ0) is 14.4. The molecule has 2 atom stereocenters. The normalized spacial score (nSPS) is 20.9. The lowest BCUT2D eigenvalue weighted by atomic mass is 10.1. The molecule has 1 saturated heterocycles. The van der Waals surface area contributed by atoms with Crippen LogP contribution in [0.3, 0.4) is 0 Å². The molecule has 2 rings (SSSR count). The van der Waals surface area contributed by atoms with Gasteiger partial charge >= 0.3 is 0 Å². The number of rotatable bonds is 6. The van der Waals surface area contributed by atoms with E-state index >= 15 is 0 Å². The summed E-state index contributed by atoms with van der Waals surface area (Å²) in [6.45, 7) is 2.95. The van der Waals surface area contributed by atoms with Crippen LogP contribution in [0.15, 0.2) is 16.7 Å². The van der Waals surface area contributed by atoms with Crippen molar-refractivity contribution in [2.75, 3.05) is 6.61 Å². The molecule has 0 amide bonds. The van der Waals surface area contributed by atoms with Crippen molar-refractivity contribution in [1.29, 1.82) is 0 Å². The molecule has 1 aromatic heterocycles. The molecule has 5 heteroatoms. The molecule has 1 aliphatic rings. The van der Waals surface area contributed by atoms with Crippen molar-refractivity contribution in [1.82, 2.24) is 4.98 Å². The van der Waals surface area contributed by atoms with Crippen molar-refractivity contribution in [2.24, 2.45) is 0 Å². The molecule has 1 aliphatic heterocycles. The van der Waals surface area contributed by atoms with Crippen molar-refractivity contribution in [3.63, 3.8) is 0 Å². The lowest BCUT2D eigenvalue weighted by Gasteiger charge is -2.26. The maximum Gasteiger partial charge on any atom is 0.157 e. The van der Waals surface area contributed by atoms with Crippen LogP contribution >= 0.6 is 27.5 Å². The van der Waals surface area contributed by atoms with Crippen LogP contribution in [0.1, 0.15) is 44.7 Å². The number of nitrogens with zero attached hydrogens (tertiary/aromatic N) is 1. The van der Waals surface area contributed by atoms with Crippen molar-refractivity contribution in [2.45, 2.75) is 57.8 Å². The molecule has 1 fully saturated rings. The lowest BCUT2D eigenvalue weighted by Crippen LogP contribution is -2.26. The van der Waals surface area contributed by atoms with Crippen LogP contribution in [0.5, 0.6) is 0 Å². The fourth-order valence-electron chi connectivity index (χ4n) is 2.33. The summed E-state index contributed by atoms with van der Waals surface area (Å²) in [6.07, 6.45) is 8.29. The molecule has 112 valence electrons. The number of hydrogen-bond acceptors (Lipinski definition) is 3. The average molecular weight is 363 g/mol. The van der Waals surface area contributed by atoms with Crippen LogP contribution in [0.2, 0.25) is 5.02 Å². The Bertz CT molecular complexity index is 424. The van der Waals surface area contributed by atoms with Gasteiger partial charge < -0.3 is 9.47 Å². The second-order valence-electron chi connectivity index (χ2n) is 5.22. The van der Waals surface area contributed by atoms with Gasteiger partial charge in [-0.05, 0) is 67.4 Å². The first-order valence-electron chi connectivity index (χ1n) is 7.22. The highest BCUT2D eigenvalue weighted by molar-refractivity contribution is 9.10. The van der Waals surface area contributed by atoms with Gasteiger partial charge in [0.1, 0.15) is 0 Å². The maximum atomic E-state index is 5.90. The van der Waals surface area contributed by atoms with Gasteiger partial charge in [-0.3, -0.25) is 4.98 Å². The Balaban J connectivity index is 1.69. The van der Waals surface area contributed by atoms with Crippen LogP contribution in [-0.4, -0.2) is 24.0 Å². The standard InChI is InChI=1S/C15H21BrClNO2/c1-11(20-15-7-2-3-8-19-15)5-4-6-14-13(16)9-12(17)10-18-14/h9-11,15H,2-8H2,1H3. The summed E-state index contributed by atoms with van der Waals surface area (Å²) < 4.78 is 12.5. The minimum Gasteiger partial charge on any atom is -0.353 e. The topological polar surface area (TPSA) is 31.4 Å². The SMILES string of the molecule is CC(CCCc1ncc(Cl)cc1Br)OC1CCCCO1. The van der Waals surface area contributed by atoms with Crippen LogP contribution in [-0.2, 0) is 15.9 Å². The fourth-order valence-corrected chi connectivity index (χ4v) is 3.17. The first-order chi connectivity index (χ1) is 9.65. The third kappa shape index (κ3) is 5.32. The van der Waals surface area contributed by atoms with Crippen molar-refractivity contribution in [3.8, 4) is 0 Å². The van der Waals surface area contributed by atoms with Crippen LogP contribution in [0.25, 0.3) is 0 Å². The molecule has 2 unspecified atom stereocenters. The molecule has 0 aromatic carbocycles. The summed E-state index contributed by atoms with van der Waals surface area (Å²) in [6, 6.07) is 1.89. The highest BCUT2D eigenvalue weighted by Crippen LogP contribution is 2.22. The highest BCUT2D eigenvalue weighted by Gasteiger charge is 2.17. The second kappa shape index (κ2) is 8.32. The first-order valence-corrected chi connectivity index (χ1v) is 8.39. The van der Waals surface area contributed by atoms with Gasteiger partial charge in [0, 0.05) is 17.3 Å². The molecule has 1 aromatic rings. The zero-order valence-electron chi connectivity index (χ0n) is 11.8. The average Bonchev–Trinajstić information content (AvgIpc) is 2.42. The molecule has 2 heterocycles. The Labute approximate surface area is 134 Å². The Morgan fingerprint density at radius 2 is 2.40 bits per heavy atom. The van der Waals surface area contributed by atoms with E-state index in [9.17, 15) is 0 Å². The number of pyridine rings is 1. The van der Waals surface area contributed by atoms with Crippen molar-refractivity contribution >= 4 is 27.5 Å². The summed E-state index contributed by atoms with van der Waals surface area (Å²) in [7, 11) is 0. The Kier molecular flexibility index (Phi) is 6.75. The predicted molar refractivity (Wildman–Crippen MR) is 84.0 cm³/mol. The Morgan fingerprint density at radius 3 is 3.10 bits per heavy atom. The van der Waals surface area contributed by atoms with Crippen LogP contribution < -0.4 is 0 Å². The van der Waals surface area contributed by atoms with E-state index in [-0.39, 0.29) is 12.4 Å². The van der Waals surface area contributed by atoms with Gasteiger partial charge in [0.2, 0.25) is 0 Å². The van der Waals surface area contributed by atoms with E-state index in [4.69, 9.17) is 21.1 Å². The monoisotopic (exact) mass is 361 g/mol. The van der Waals surface area contributed by atoms with Crippen molar-refractivity contribution in [3.05, 3.63) is 27.5 Å². The summed E-state index contributed by atoms with van der Waals surface area (Å²) in [4.78, 5) is 4.35. The quantitative estimate of drug-likeness (QED) is 0.731. The molecule has 0 bridgehead atoms. The maximum absolute atomic E-state index is 5.90. The molecule has 0 N–H and O–H groups in total. The van der Waals surface area contributed by atoms with E-state index in [0.29, 0.717) is 5.02 Å². The van der Waals surface area contributed by atoms with E-state index in [1.807, 2.05) is 6.07 Å². The third-order valence-electron chi connectivity index (χ3n) is 3.43. The highest BCUT2D eigenvalue weighted by atomic mass is 79.9. The van der Waals surface area contributed by atoms with Gasteiger partial charge in [0.05, 0.1) is 16.8 Å². The summed E-state index contributed by atoms with van der Waals surface area (Å²) in [5, 5.41) is 0.659. The van der Waals surface area contributed by atoms with Gasteiger partial charge in [-0.15, -0.1) is 0 Å². The smallest absolute Gasteiger partial charge is 0.157 e. The number of halogens is 2. The first kappa shape index (κ1) is 16.2. The predicted octanol–water partition coefficient (Wildman–Crippen LogP) is 4.75. The Morgan fingerprint density at radius 1 is 1.55 bits per heavy atom. The van der Waals surface area contributed by atoms with E-state index in [0.717, 1.165) is 48.9 Å². The van der Waals surface area contributed by atoms with E-state index in [2.05, 4.69) is 27.8 Å². The summed E-state index contributed by atoms with van der Waals surface area (Å²) in [5.41, 5.74) is 1.05. The summed E-state index contributed by atoms with van der Waals surface area (Å²) in [5.74, 6) is 0. The molecule has 3 nitrogen and oxygen atoms in total. The molecule has 0 spiro atoms. The number of hydrogen-bond donors (Lipinski definition) is 0. The van der Waals surface area contributed by atoms with Gasteiger partial charge in [-0.25, -0.2) is 0 Å². The van der Waals surface area contributed by atoms with Gasteiger partial charge in [-0.2, -0.15) is 0 Å². The second-order valence-corrected chi connectivity index (χ2v) is 6.51. The molecule has 20 heavy (non-hydrogen) atoms. The summed E-state index contributed by atoms with van der Waals surface area (Å²) >= 11 is 9.38. The zero-order valence-corrected chi connectivity index (χ0v) is 14.1. The molecule has 0 aliphatic carbocycles. The van der Waals surface area contributed by atoms with Gasteiger partial charge in [0.15, 0.2) is 6.29 Å². The van der Waals surface area contributed by atoms with Gasteiger partial charge in [-0.1, -0.05) is 11.6 Å². The largest absolute Gasteiger partial charge is 0.353 e. The minimum atomic E-state index is -0.000794. The van der Waals surface area contributed by atoms with E-state index < -0.39 is 0 Å². The lowest BCUT2D eigenvalue weighted by molar-refractivity contribution is -0.185. The Hall–Kier alpha value is -0.160. The number of aromatic nitrogens is 1. The fraction of sp³-hybridized carbons (Fsp3) is 0.667. The van der Waals surface area contributed by atoms with E-state index in [1.165, 1.54) is 6.42 Å². The van der Waals surface area contributed by atoms with E-state index in [1.54, 1.807) is 6.20 Å². The minimum absolute atomic E-state index is 0.000794. The third-order valence-corrected chi connectivity index (χ3v) is 4.32. The van der Waals surface area contributed by atoms with Crippen LogP contribution in [0.4, 0.5) is 0 Å².